The molecule has 0 aromatic rings. The van der Waals surface area contributed by atoms with Gasteiger partial charge >= 0.3 is 0 Å². The van der Waals surface area contributed by atoms with Crippen LogP contribution in [0.1, 0.15) is 33.1 Å². The number of ether oxygens (including phenoxy) is 1. The van der Waals surface area contributed by atoms with Gasteiger partial charge < -0.3 is 15.4 Å². The van der Waals surface area contributed by atoms with Crippen molar-refractivity contribution < 1.29 is 4.74 Å². The predicted octanol–water partition coefficient (Wildman–Crippen LogP) is 2.73. The molecule has 1 aliphatic heterocycles. The van der Waals surface area contributed by atoms with Crippen LogP contribution >= 0.6 is 35.7 Å². The fraction of sp³-hybridized carbons (Fsp3) is 0.933. The second-order valence-electron chi connectivity index (χ2n) is 6.49. The summed E-state index contributed by atoms with van der Waals surface area (Å²) in [4.78, 5) is 4.36. The summed E-state index contributed by atoms with van der Waals surface area (Å²) >= 11 is 2.08. The van der Waals surface area contributed by atoms with Gasteiger partial charge in [0.05, 0.1) is 6.10 Å². The Kier molecular flexibility index (Phi) is 8.13. The first-order chi connectivity index (χ1) is 9.57. The fourth-order valence-corrected chi connectivity index (χ4v) is 4.29. The van der Waals surface area contributed by atoms with Crippen LogP contribution in [0.4, 0.5) is 0 Å². The molecule has 1 heterocycles. The molecule has 4 nitrogen and oxygen atoms in total. The molecule has 2 fully saturated rings. The number of nitrogens with zero attached hydrogens (tertiary/aromatic N) is 1. The third-order valence-corrected chi connectivity index (χ3v) is 5.94. The molecule has 0 amide bonds. The van der Waals surface area contributed by atoms with Crippen LogP contribution in [-0.4, -0.2) is 50.3 Å². The Labute approximate surface area is 150 Å². The number of hydrogen-bond acceptors (Lipinski definition) is 3. The van der Waals surface area contributed by atoms with E-state index >= 15 is 0 Å². The molecule has 1 aliphatic carbocycles. The highest BCUT2D eigenvalue weighted by Crippen LogP contribution is 2.42. The van der Waals surface area contributed by atoms with E-state index in [2.05, 4.69) is 41.2 Å². The van der Waals surface area contributed by atoms with E-state index in [9.17, 15) is 0 Å². The molecule has 6 heteroatoms. The highest BCUT2D eigenvalue weighted by Gasteiger charge is 2.48. The summed E-state index contributed by atoms with van der Waals surface area (Å²) in [7, 11) is 3.66. The molecule has 0 spiro atoms. The van der Waals surface area contributed by atoms with Gasteiger partial charge in [0.1, 0.15) is 0 Å². The van der Waals surface area contributed by atoms with E-state index in [1.54, 1.807) is 7.11 Å². The zero-order chi connectivity index (χ0) is 14.6. The molecule has 2 unspecified atom stereocenters. The minimum absolute atomic E-state index is 0. The summed E-state index contributed by atoms with van der Waals surface area (Å²) in [6.45, 7) is 5.56. The second-order valence-corrected chi connectivity index (χ2v) is 7.71. The number of guanidine groups is 1. The predicted molar refractivity (Wildman–Crippen MR) is 103 cm³/mol. The normalized spacial score (nSPS) is 29.2. The van der Waals surface area contributed by atoms with E-state index in [4.69, 9.17) is 4.74 Å². The molecule has 0 aromatic heterocycles. The first-order valence-corrected chi connectivity index (χ1v) is 8.81. The van der Waals surface area contributed by atoms with Crippen molar-refractivity contribution in [2.24, 2.45) is 16.3 Å². The largest absolute Gasteiger partial charge is 0.381 e. The Morgan fingerprint density at radius 2 is 2.00 bits per heavy atom. The molecule has 1 saturated carbocycles. The van der Waals surface area contributed by atoms with Gasteiger partial charge in [-0.2, -0.15) is 11.8 Å². The molecule has 0 radical (unpaired) electrons. The van der Waals surface area contributed by atoms with Crippen molar-refractivity contribution in [2.75, 3.05) is 32.2 Å². The number of methoxy groups -OCH3 is 1. The van der Waals surface area contributed by atoms with Crippen LogP contribution in [0.15, 0.2) is 4.99 Å². The van der Waals surface area contributed by atoms with E-state index in [1.165, 1.54) is 24.3 Å². The maximum absolute atomic E-state index is 5.50. The van der Waals surface area contributed by atoms with Crippen LogP contribution in [0.2, 0.25) is 0 Å². The van der Waals surface area contributed by atoms with Crippen molar-refractivity contribution in [1.29, 1.82) is 0 Å². The Balaban J connectivity index is 0.00000220. The molecule has 0 bridgehead atoms. The van der Waals surface area contributed by atoms with E-state index in [0.29, 0.717) is 12.1 Å². The van der Waals surface area contributed by atoms with Crippen LogP contribution in [0.5, 0.6) is 0 Å². The molecule has 124 valence electrons. The molecular weight excluding hydrogens is 397 g/mol. The zero-order valence-corrected chi connectivity index (χ0v) is 16.8. The van der Waals surface area contributed by atoms with Gasteiger partial charge in [-0.25, -0.2) is 0 Å². The minimum Gasteiger partial charge on any atom is -0.381 e. The van der Waals surface area contributed by atoms with E-state index in [-0.39, 0.29) is 29.4 Å². The third-order valence-electron chi connectivity index (χ3n) is 4.90. The molecular formula is C15H30IN3OS. The first kappa shape index (κ1) is 19.4. The van der Waals surface area contributed by atoms with Gasteiger partial charge in [0, 0.05) is 32.2 Å². The third kappa shape index (κ3) is 4.89. The highest BCUT2D eigenvalue weighted by atomic mass is 127. The van der Waals surface area contributed by atoms with Gasteiger partial charge in [-0.15, -0.1) is 24.0 Å². The minimum atomic E-state index is 0. The van der Waals surface area contributed by atoms with Gasteiger partial charge in [-0.05, 0) is 36.7 Å². The lowest BCUT2D eigenvalue weighted by atomic mass is 9.64. The van der Waals surface area contributed by atoms with Crippen LogP contribution in [0, 0.1) is 11.3 Å². The molecule has 2 aliphatic rings. The van der Waals surface area contributed by atoms with Crippen molar-refractivity contribution in [2.45, 2.75) is 45.3 Å². The van der Waals surface area contributed by atoms with Gasteiger partial charge in [0.2, 0.25) is 0 Å². The van der Waals surface area contributed by atoms with Gasteiger partial charge in [-0.3, -0.25) is 4.99 Å². The van der Waals surface area contributed by atoms with E-state index in [1.807, 2.05) is 7.05 Å². The van der Waals surface area contributed by atoms with Gasteiger partial charge in [0.15, 0.2) is 5.96 Å². The molecule has 2 atom stereocenters. The van der Waals surface area contributed by atoms with Crippen molar-refractivity contribution in [3.05, 3.63) is 0 Å². The van der Waals surface area contributed by atoms with E-state index < -0.39 is 0 Å². The topological polar surface area (TPSA) is 45.7 Å². The van der Waals surface area contributed by atoms with Crippen molar-refractivity contribution in [3.8, 4) is 0 Å². The molecule has 1 saturated heterocycles. The number of halogens is 1. The summed E-state index contributed by atoms with van der Waals surface area (Å²) in [5.74, 6) is 4.36. The number of aliphatic imine (C=N–C) groups is 1. The zero-order valence-electron chi connectivity index (χ0n) is 13.6. The molecule has 2 N–H and O–H groups in total. The standard InChI is InChI=1S/C15H29N3OS.HI/c1-15(2)12(9-13(15)19-4)18-14(16-3)17-10-11-5-7-20-8-6-11;/h11-13H,5-10H2,1-4H3,(H2,16,17,18);1H. The number of hydrogen-bond donors (Lipinski definition) is 2. The van der Waals surface area contributed by atoms with Crippen molar-refractivity contribution >= 4 is 41.7 Å². The van der Waals surface area contributed by atoms with E-state index in [0.717, 1.165) is 24.8 Å². The summed E-state index contributed by atoms with van der Waals surface area (Å²) in [6, 6.07) is 0.445. The molecule has 21 heavy (non-hydrogen) atoms. The number of rotatable bonds is 4. The maximum Gasteiger partial charge on any atom is 0.191 e. The smallest absolute Gasteiger partial charge is 0.191 e. The monoisotopic (exact) mass is 427 g/mol. The Bertz CT molecular complexity index is 346. The quantitative estimate of drug-likeness (QED) is 0.412. The first-order valence-electron chi connectivity index (χ1n) is 7.65. The average molecular weight is 427 g/mol. The van der Waals surface area contributed by atoms with Crippen LogP contribution in [0.25, 0.3) is 0 Å². The van der Waals surface area contributed by atoms with Gasteiger partial charge in [0.25, 0.3) is 0 Å². The number of nitrogens with one attached hydrogen (secondary N) is 2. The Hall–Kier alpha value is 0.310. The summed E-state index contributed by atoms with van der Waals surface area (Å²) < 4.78 is 5.50. The Morgan fingerprint density at radius 3 is 2.52 bits per heavy atom. The van der Waals surface area contributed by atoms with Crippen LogP contribution < -0.4 is 10.6 Å². The lowest BCUT2D eigenvalue weighted by Gasteiger charge is -2.51. The fourth-order valence-electron chi connectivity index (χ4n) is 3.08. The average Bonchev–Trinajstić information content (AvgIpc) is 2.47. The lowest BCUT2D eigenvalue weighted by molar-refractivity contribution is -0.0922. The SMILES string of the molecule is CN=C(NCC1CCSCC1)NC1CC(OC)C1(C)C.I. The summed E-state index contributed by atoms with van der Waals surface area (Å²) in [5.41, 5.74) is 0.174. The summed E-state index contributed by atoms with van der Waals surface area (Å²) in [5, 5.41) is 7.05. The van der Waals surface area contributed by atoms with Crippen molar-refractivity contribution in [3.63, 3.8) is 0 Å². The molecule has 0 aromatic carbocycles. The van der Waals surface area contributed by atoms with Crippen LogP contribution in [0.3, 0.4) is 0 Å². The van der Waals surface area contributed by atoms with Crippen LogP contribution in [-0.2, 0) is 4.74 Å². The number of thioether (sulfide) groups is 1. The molecule has 2 rings (SSSR count). The Morgan fingerprint density at radius 1 is 1.33 bits per heavy atom. The summed E-state index contributed by atoms with van der Waals surface area (Å²) in [6.07, 6.45) is 4.07. The van der Waals surface area contributed by atoms with Crippen molar-refractivity contribution in [1.82, 2.24) is 10.6 Å². The highest BCUT2D eigenvalue weighted by molar-refractivity contribution is 14.0. The second kappa shape index (κ2) is 8.82. The van der Waals surface area contributed by atoms with Gasteiger partial charge in [-0.1, -0.05) is 13.8 Å². The maximum atomic E-state index is 5.50. The lowest BCUT2D eigenvalue weighted by Crippen LogP contribution is -2.63.